The minimum Gasteiger partial charge on any atom is -0.310 e. The number of hydrogen-bond donors (Lipinski definition) is 0. The normalized spacial score (nSPS) is 12.4. The van der Waals surface area contributed by atoms with Crippen molar-refractivity contribution in [2.24, 2.45) is 0 Å². The van der Waals surface area contributed by atoms with E-state index in [0.717, 1.165) is 17.8 Å². The fourth-order valence-electron chi connectivity index (χ4n) is 9.42. The smallest absolute Gasteiger partial charge is 0.0546 e. The van der Waals surface area contributed by atoms with Gasteiger partial charge < -0.3 is 4.90 Å². The number of nitrogens with zero attached hydrogens (tertiary/aromatic N) is 1. The Balaban J connectivity index is 1.07. The molecule has 0 spiro atoms. The molecule has 0 saturated carbocycles. The van der Waals surface area contributed by atoms with Crippen molar-refractivity contribution in [3.8, 4) is 22.3 Å². The monoisotopic (exact) mass is 765 g/mol. The number of allylic oxidation sites excluding steroid dienone is 1. The molecule has 0 heterocycles. The van der Waals surface area contributed by atoms with Gasteiger partial charge in [0.25, 0.3) is 0 Å². The second kappa shape index (κ2) is 14.7. The zero-order chi connectivity index (χ0) is 40.2. The summed E-state index contributed by atoms with van der Waals surface area (Å²) in [5.41, 5.74) is 18.8. The Morgan fingerprint density at radius 3 is 1.47 bits per heavy atom. The Labute approximate surface area is 352 Å². The molecule has 0 N–H and O–H groups in total. The quantitative estimate of drug-likeness (QED) is 0.146. The van der Waals surface area contributed by atoms with Gasteiger partial charge in [-0.1, -0.05) is 181 Å². The molecule has 0 radical (unpaired) electrons. The van der Waals surface area contributed by atoms with E-state index in [1.807, 2.05) is 0 Å². The lowest BCUT2D eigenvalue weighted by Crippen LogP contribution is -2.10. The summed E-state index contributed by atoms with van der Waals surface area (Å²) in [6.07, 6.45) is 0.906. The molecule has 10 aromatic rings. The number of rotatable bonds is 7. The van der Waals surface area contributed by atoms with Crippen LogP contribution >= 0.6 is 0 Å². The van der Waals surface area contributed by atoms with Gasteiger partial charge in [-0.2, -0.15) is 0 Å². The van der Waals surface area contributed by atoms with Crippen molar-refractivity contribution in [2.45, 2.75) is 20.3 Å². The van der Waals surface area contributed by atoms with Crippen molar-refractivity contribution in [3.63, 3.8) is 0 Å². The van der Waals surface area contributed by atoms with E-state index in [1.165, 1.54) is 105 Å². The van der Waals surface area contributed by atoms with Crippen LogP contribution in [0, 0.1) is 13.8 Å². The molecule has 1 aliphatic carbocycles. The second-order valence-electron chi connectivity index (χ2n) is 16.2. The molecule has 10 aromatic carbocycles. The summed E-state index contributed by atoms with van der Waals surface area (Å²) in [6.45, 7) is 4.30. The van der Waals surface area contributed by atoms with Crippen molar-refractivity contribution >= 4 is 60.5 Å². The highest BCUT2D eigenvalue weighted by Gasteiger charge is 2.25. The Morgan fingerprint density at radius 2 is 0.833 bits per heavy atom. The molecule has 0 amide bonds. The Hall–Kier alpha value is -7.48. The third-order valence-corrected chi connectivity index (χ3v) is 12.4. The molecular weight excluding hydrogens is 723 g/mol. The highest BCUT2D eigenvalue weighted by molar-refractivity contribution is 6.24. The summed E-state index contributed by atoms with van der Waals surface area (Å²) >= 11 is 0. The van der Waals surface area contributed by atoms with Crippen LogP contribution in [0.5, 0.6) is 0 Å². The van der Waals surface area contributed by atoms with Crippen LogP contribution in [0.25, 0.3) is 65.7 Å². The topological polar surface area (TPSA) is 3.24 Å². The molecule has 284 valence electrons. The molecule has 0 bridgehead atoms. The van der Waals surface area contributed by atoms with E-state index in [9.17, 15) is 0 Å². The number of hydrogen-bond acceptors (Lipinski definition) is 1. The average Bonchev–Trinajstić information content (AvgIpc) is 3.70. The summed E-state index contributed by atoms with van der Waals surface area (Å²) in [7, 11) is 0. The van der Waals surface area contributed by atoms with E-state index in [2.05, 4.69) is 231 Å². The van der Waals surface area contributed by atoms with Crippen LogP contribution in [0.4, 0.5) is 17.1 Å². The summed E-state index contributed by atoms with van der Waals surface area (Å²) < 4.78 is 0. The number of aryl methyl sites for hydroxylation is 2. The predicted molar refractivity (Wildman–Crippen MR) is 256 cm³/mol. The second-order valence-corrected chi connectivity index (χ2v) is 16.2. The molecule has 60 heavy (non-hydrogen) atoms. The standard InChI is InChI=1S/C59H43N/c1-39-21-31-47(32-22-39)60(48-33-23-40(2)24-34-48)58-38-57-50-18-10-9-17-49(50)53(37-56(57)51-19-11-12-20-52(51)58)42-25-27-43(28-26-42)54-36-46-30-29-45(41-13-5-3-6-14-41)35-55(46)59(54)44-15-7-4-8-16-44/h3-35,37-38H,36H2,1-2H3. The molecule has 1 heteroatoms. The van der Waals surface area contributed by atoms with E-state index < -0.39 is 0 Å². The van der Waals surface area contributed by atoms with Crippen LogP contribution in [0.3, 0.4) is 0 Å². The largest absolute Gasteiger partial charge is 0.310 e. The van der Waals surface area contributed by atoms with Gasteiger partial charge in [-0.25, -0.2) is 0 Å². The van der Waals surface area contributed by atoms with E-state index in [4.69, 9.17) is 0 Å². The molecule has 11 rings (SSSR count). The highest BCUT2D eigenvalue weighted by atomic mass is 15.1. The van der Waals surface area contributed by atoms with Crippen molar-refractivity contribution in [2.75, 3.05) is 4.90 Å². The molecule has 0 saturated heterocycles. The Bertz CT molecular complexity index is 3200. The van der Waals surface area contributed by atoms with Crippen molar-refractivity contribution < 1.29 is 0 Å². The van der Waals surface area contributed by atoms with E-state index in [-0.39, 0.29) is 0 Å². The summed E-state index contributed by atoms with van der Waals surface area (Å²) in [5.74, 6) is 0. The molecule has 0 fully saturated rings. The fraction of sp³-hybridized carbons (Fsp3) is 0.0508. The van der Waals surface area contributed by atoms with Crippen LogP contribution in [-0.4, -0.2) is 0 Å². The van der Waals surface area contributed by atoms with Gasteiger partial charge in [0.05, 0.1) is 5.69 Å². The summed E-state index contributed by atoms with van der Waals surface area (Å²) in [4.78, 5) is 2.42. The molecule has 0 atom stereocenters. The minimum absolute atomic E-state index is 0.906. The van der Waals surface area contributed by atoms with Gasteiger partial charge in [-0.05, 0) is 145 Å². The number of anilines is 3. The average molecular weight is 766 g/mol. The van der Waals surface area contributed by atoms with Crippen molar-refractivity contribution in [3.05, 3.63) is 246 Å². The van der Waals surface area contributed by atoms with Crippen LogP contribution in [0.2, 0.25) is 0 Å². The maximum Gasteiger partial charge on any atom is 0.0546 e. The minimum atomic E-state index is 0.906. The Kier molecular flexibility index (Phi) is 8.75. The maximum absolute atomic E-state index is 2.44. The van der Waals surface area contributed by atoms with Crippen LogP contribution in [-0.2, 0) is 6.42 Å². The molecular formula is C59H43N. The van der Waals surface area contributed by atoms with Gasteiger partial charge in [0.15, 0.2) is 0 Å². The third-order valence-electron chi connectivity index (χ3n) is 12.4. The van der Waals surface area contributed by atoms with Crippen LogP contribution in [0.15, 0.2) is 212 Å². The molecule has 0 unspecified atom stereocenters. The highest BCUT2D eigenvalue weighted by Crippen LogP contribution is 2.47. The molecule has 0 aromatic heterocycles. The van der Waals surface area contributed by atoms with Gasteiger partial charge >= 0.3 is 0 Å². The first kappa shape index (κ1) is 35.7. The maximum atomic E-state index is 2.44. The van der Waals surface area contributed by atoms with Crippen LogP contribution in [0.1, 0.15) is 33.4 Å². The zero-order valence-electron chi connectivity index (χ0n) is 33.9. The lowest BCUT2D eigenvalue weighted by atomic mass is 9.89. The molecule has 1 nitrogen and oxygen atoms in total. The van der Waals surface area contributed by atoms with Gasteiger partial charge in [-0.3, -0.25) is 0 Å². The van der Waals surface area contributed by atoms with Gasteiger partial charge in [0.1, 0.15) is 0 Å². The van der Waals surface area contributed by atoms with Gasteiger partial charge in [0.2, 0.25) is 0 Å². The first-order valence-electron chi connectivity index (χ1n) is 21.0. The summed E-state index contributed by atoms with van der Waals surface area (Å²) in [5, 5.41) is 7.48. The van der Waals surface area contributed by atoms with Gasteiger partial charge in [-0.15, -0.1) is 0 Å². The van der Waals surface area contributed by atoms with E-state index in [0.29, 0.717) is 0 Å². The van der Waals surface area contributed by atoms with E-state index in [1.54, 1.807) is 0 Å². The summed E-state index contributed by atoms with van der Waals surface area (Å²) in [6, 6.07) is 78.5. The number of fused-ring (bicyclic) bond motifs is 6. The fourth-order valence-corrected chi connectivity index (χ4v) is 9.42. The van der Waals surface area contributed by atoms with Crippen molar-refractivity contribution in [1.82, 2.24) is 0 Å². The van der Waals surface area contributed by atoms with Crippen LogP contribution < -0.4 is 4.90 Å². The van der Waals surface area contributed by atoms with Gasteiger partial charge in [0, 0.05) is 16.8 Å². The first-order chi connectivity index (χ1) is 29.6. The number of benzene rings is 10. The SMILES string of the molecule is Cc1ccc(N(c2ccc(C)cc2)c2cc3c4ccccc4c(-c4ccc(C5=C(c6ccccc6)c6cc(-c7ccccc7)ccc6C5)cc4)cc3c3ccccc23)cc1. The lowest BCUT2D eigenvalue weighted by molar-refractivity contribution is 1.28. The predicted octanol–water partition coefficient (Wildman–Crippen LogP) is 16.1. The van der Waals surface area contributed by atoms with E-state index >= 15 is 0 Å². The lowest BCUT2D eigenvalue weighted by Gasteiger charge is -2.28. The van der Waals surface area contributed by atoms with Crippen molar-refractivity contribution in [1.29, 1.82) is 0 Å². The zero-order valence-corrected chi connectivity index (χ0v) is 33.9. The third kappa shape index (κ3) is 6.19. The molecule has 0 aliphatic heterocycles. The Morgan fingerprint density at radius 1 is 0.333 bits per heavy atom. The molecule has 1 aliphatic rings. The first-order valence-corrected chi connectivity index (χ1v) is 21.0.